The summed E-state index contributed by atoms with van der Waals surface area (Å²) in [5.41, 5.74) is 2.29. The zero-order valence-corrected chi connectivity index (χ0v) is 18.1. The summed E-state index contributed by atoms with van der Waals surface area (Å²) in [5, 5.41) is 4.07. The van der Waals surface area contributed by atoms with Crippen LogP contribution < -0.4 is 15.5 Å². The molecule has 170 valence electrons. The van der Waals surface area contributed by atoms with Crippen molar-refractivity contribution in [2.75, 3.05) is 13.7 Å². The lowest BCUT2D eigenvalue weighted by Crippen LogP contribution is -2.52. The van der Waals surface area contributed by atoms with E-state index in [0.717, 1.165) is 12.8 Å². The van der Waals surface area contributed by atoms with Crippen molar-refractivity contribution >= 4 is 34.8 Å². The zero-order valence-electron chi connectivity index (χ0n) is 18.1. The molecule has 2 aliphatic rings. The van der Waals surface area contributed by atoms with Gasteiger partial charge in [0.25, 0.3) is 11.8 Å². The first-order valence-electron chi connectivity index (χ1n) is 10.4. The topological polar surface area (TPSA) is 127 Å². The number of benzene rings is 1. The molecule has 2 heterocycles. The van der Waals surface area contributed by atoms with Gasteiger partial charge in [-0.1, -0.05) is 6.92 Å². The number of carbonyl (C=O) groups excluding carboxylic acids is 4. The Balaban J connectivity index is 1.37. The number of nitrogens with zero attached hydrogens (tertiary/aromatic N) is 1. The Kier molecular flexibility index (Phi) is 5.53. The summed E-state index contributed by atoms with van der Waals surface area (Å²) in [5.74, 6) is -1.07. The van der Waals surface area contributed by atoms with Crippen LogP contribution in [0.1, 0.15) is 48.7 Å². The molecular formula is C22H25N3O7. The lowest BCUT2D eigenvalue weighted by Gasteiger charge is -2.33. The van der Waals surface area contributed by atoms with E-state index in [1.807, 2.05) is 0 Å². The third-order valence-electron chi connectivity index (χ3n) is 6.19. The second kappa shape index (κ2) is 8.18. The lowest BCUT2D eigenvalue weighted by molar-refractivity contribution is -0.141. The van der Waals surface area contributed by atoms with Gasteiger partial charge < -0.3 is 19.2 Å². The maximum atomic E-state index is 12.8. The van der Waals surface area contributed by atoms with E-state index in [2.05, 4.69) is 17.7 Å². The SMILES string of the molecule is COc1ccc2oc(C(=O)OCC(=O)NN3C(=O)NC4(CCC(C)CC4)C3=O)c(C)c2c1. The number of rotatable bonds is 5. The van der Waals surface area contributed by atoms with Crippen LogP contribution in [0.25, 0.3) is 11.0 Å². The van der Waals surface area contributed by atoms with E-state index in [9.17, 15) is 19.2 Å². The number of amides is 4. The Labute approximate surface area is 184 Å². The van der Waals surface area contributed by atoms with Crippen molar-refractivity contribution in [1.82, 2.24) is 15.8 Å². The number of furan rings is 1. The minimum absolute atomic E-state index is 0.0358. The van der Waals surface area contributed by atoms with Crippen molar-refractivity contribution in [2.45, 2.75) is 45.1 Å². The molecule has 1 aromatic heterocycles. The quantitative estimate of drug-likeness (QED) is 0.537. The monoisotopic (exact) mass is 443 g/mol. The van der Waals surface area contributed by atoms with Gasteiger partial charge in [-0.25, -0.2) is 9.59 Å². The summed E-state index contributed by atoms with van der Waals surface area (Å²) >= 11 is 0. The molecule has 10 heteroatoms. The highest BCUT2D eigenvalue weighted by Gasteiger charge is 2.52. The normalized spacial score (nSPS) is 22.8. The smallest absolute Gasteiger partial charge is 0.375 e. The fourth-order valence-corrected chi connectivity index (χ4v) is 4.19. The van der Waals surface area contributed by atoms with Gasteiger partial charge in [-0.3, -0.25) is 15.0 Å². The predicted molar refractivity (Wildman–Crippen MR) is 112 cm³/mol. The van der Waals surface area contributed by atoms with Crippen molar-refractivity contribution in [1.29, 1.82) is 0 Å². The Morgan fingerprint density at radius 1 is 1.28 bits per heavy atom. The van der Waals surface area contributed by atoms with Crippen molar-refractivity contribution < 1.29 is 33.1 Å². The van der Waals surface area contributed by atoms with Crippen LogP contribution in [0, 0.1) is 12.8 Å². The molecule has 0 radical (unpaired) electrons. The Bertz CT molecular complexity index is 1100. The van der Waals surface area contributed by atoms with E-state index in [1.54, 1.807) is 25.1 Å². The van der Waals surface area contributed by atoms with Crippen LogP contribution in [-0.2, 0) is 14.3 Å². The van der Waals surface area contributed by atoms with Gasteiger partial charge in [0.05, 0.1) is 7.11 Å². The van der Waals surface area contributed by atoms with Gasteiger partial charge in [-0.05, 0) is 56.7 Å². The van der Waals surface area contributed by atoms with Gasteiger partial charge in [0.15, 0.2) is 6.61 Å². The maximum absolute atomic E-state index is 12.8. The minimum atomic E-state index is -0.972. The number of methoxy groups -OCH3 is 1. The second-order valence-electron chi connectivity index (χ2n) is 8.36. The number of esters is 1. The molecule has 1 spiro atoms. The van der Waals surface area contributed by atoms with Crippen molar-refractivity contribution in [2.24, 2.45) is 5.92 Å². The fraction of sp³-hybridized carbons (Fsp3) is 0.455. The standard InChI is InChI=1S/C22H25N3O7/c1-12-6-8-22(9-7-12)20(28)25(21(29)23-22)24-17(26)11-31-19(27)18-13(2)15-10-14(30-3)4-5-16(15)32-18/h4-5,10,12H,6-9,11H2,1-3H3,(H,23,29)(H,24,26). The number of aryl methyl sites for hydroxylation is 1. The number of carbonyl (C=O) groups is 4. The molecular weight excluding hydrogens is 418 g/mol. The summed E-state index contributed by atoms with van der Waals surface area (Å²) in [7, 11) is 1.53. The maximum Gasteiger partial charge on any atom is 0.375 e. The van der Waals surface area contributed by atoms with Gasteiger partial charge in [-0.15, -0.1) is 0 Å². The number of hydrogen-bond donors (Lipinski definition) is 2. The van der Waals surface area contributed by atoms with E-state index in [1.165, 1.54) is 7.11 Å². The summed E-state index contributed by atoms with van der Waals surface area (Å²) in [4.78, 5) is 49.8. The van der Waals surface area contributed by atoms with Crippen molar-refractivity contribution in [3.8, 4) is 5.75 Å². The number of hydrogen-bond acceptors (Lipinski definition) is 7. The highest BCUT2D eigenvalue weighted by atomic mass is 16.5. The van der Waals surface area contributed by atoms with Crippen LogP contribution in [0.4, 0.5) is 4.79 Å². The average Bonchev–Trinajstić information content (AvgIpc) is 3.23. The molecule has 2 fully saturated rings. The molecule has 1 saturated heterocycles. The van der Waals surface area contributed by atoms with Crippen LogP contribution >= 0.6 is 0 Å². The average molecular weight is 443 g/mol. The van der Waals surface area contributed by atoms with E-state index >= 15 is 0 Å². The summed E-state index contributed by atoms with van der Waals surface area (Å²) in [6, 6.07) is 4.42. The van der Waals surface area contributed by atoms with E-state index in [-0.39, 0.29) is 5.76 Å². The number of fused-ring (bicyclic) bond motifs is 1. The van der Waals surface area contributed by atoms with Crippen LogP contribution in [-0.4, -0.2) is 48.1 Å². The Hall–Kier alpha value is -3.56. The van der Waals surface area contributed by atoms with Gasteiger partial charge in [-0.2, -0.15) is 5.01 Å². The van der Waals surface area contributed by atoms with Gasteiger partial charge >= 0.3 is 12.0 Å². The third kappa shape index (κ3) is 3.76. The van der Waals surface area contributed by atoms with Crippen LogP contribution in [0.15, 0.2) is 22.6 Å². The molecule has 4 rings (SSSR count). The summed E-state index contributed by atoms with van der Waals surface area (Å²) in [6.07, 6.45) is 2.68. The molecule has 0 bridgehead atoms. The first-order valence-corrected chi connectivity index (χ1v) is 10.4. The largest absolute Gasteiger partial charge is 0.497 e. The van der Waals surface area contributed by atoms with Crippen LogP contribution in [0.2, 0.25) is 0 Å². The molecule has 10 nitrogen and oxygen atoms in total. The second-order valence-corrected chi connectivity index (χ2v) is 8.36. The number of imide groups is 1. The molecule has 0 unspecified atom stereocenters. The first-order chi connectivity index (χ1) is 15.2. The highest BCUT2D eigenvalue weighted by Crippen LogP contribution is 2.35. The molecule has 2 N–H and O–H groups in total. The zero-order chi connectivity index (χ0) is 23.0. The predicted octanol–water partition coefficient (Wildman–Crippen LogP) is 2.44. The molecule has 32 heavy (non-hydrogen) atoms. The molecule has 1 aliphatic carbocycles. The Morgan fingerprint density at radius 3 is 2.69 bits per heavy atom. The minimum Gasteiger partial charge on any atom is -0.497 e. The number of hydrazine groups is 1. The van der Waals surface area contributed by atoms with E-state index in [0.29, 0.717) is 46.1 Å². The Morgan fingerprint density at radius 2 is 2.00 bits per heavy atom. The van der Waals surface area contributed by atoms with Crippen LogP contribution in [0.3, 0.4) is 0 Å². The number of urea groups is 1. The molecule has 2 aromatic rings. The first kappa shape index (κ1) is 21.7. The third-order valence-corrected chi connectivity index (χ3v) is 6.19. The summed E-state index contributed by atoms with van der Waals surface area (Å²) in [6.45, 7) is 3.11. The molecule has 1 aliphatic heterocycles. The lowest BCUT2D eigenvalue weighted by atomic mass is 9.77. The van der Waals surface area contributed by atoms with Gasteiger partial charge in [0.1, 0.15) is 16.9 Å². The fourth-order valence-electron chi connectivity index (χ4n) is 4.19. The number of ether oxygens (including phenoxy) is 2. The summed E-state index contributed by atoms with van der Waals surface area (Å²) < 4.78 is 15.8. The van der Waals surface area contributed by atoms with E-state index in [4.69, 9.17) is 13.9 Å². The van der Waals surface area contributed by atoms with Gasteiger partial charge in [0, 0.05) is 10.9 Å². The molecule has 0 atom stereocenters. The van der Waals surface area contributed by atoms with Crippen LogP contribution in [0.5, 0.6) is 5.75 Å². The van der Waals surface area contributed by atoms with Crippen molar-refractivity contribution in [3.05, 3.63) is 29.5 Å². The highest BCUT2D eigenvalue weighted by molar-refractivity contribution is 6.08. The molecule has 1 aromatic carbocycles. The van der Waals surface area contributed by atoms with E-state index < -0.39 is 36.0 Å². The number of nitrogens with one attached hydrogen (secondary N) is 2. The van der Waals surface area contributed by atoms with Crippen molar-refractivity contribution in [3.63, 3.8) is 0 Å². The molecule has 1 saturated carbocycles. The molecule has 4 amide bonds. The van der Waals surface area contributed by atoms with Gasteiger partial charge in [0.2, 0.25) is 5.76 Å².